The molecule has 1 aromatic rings. The van der Waals surface area contributed by atoms with Gasteiger partial charge in [-0.05, 0) is 42.2 Å². The van der Waals surface area contributed by atoms with Crippen molar-refractivity contribution < 1.29 is 9.53 Å². The Bertz CT molecular complexity index is 345. The van der Waals surface area contributed by atoms with Crippen LogP contribution in [0.1, 0.15) is 10.4 Å². The zero-order chi connectivity index (χ0) is 11.3. The largest absolute Gasteiger partial charge is 0.461 e. The van der Waals surface area contributed by atoms with Crippen LogP contribution in [0.15, 0.2) is 28.7 Å². The molecule has 0 aliphatic heterocycles. The second-order valence-electron chi connectivity index (χ2n) is 3.42. The first-order valence-electron chi connectivity index (χ1n) is 4.67. The Balaban J connectivity index is 0.00000225. The summed E-state index contributed by atoms with van der Waals surface area (Å²) in [5.41, 5.74) is 0.566. The minimum Gasteiger partial charge on any atom is -0.461 e. The minimum absolute atomic E-state index is 0. The molecule has 0 aliphatic carbocycles. The summed E-state index contributed by atoms with van der Waals surface area (Å²) in [6.07, 6.45) is 0. The zero-order valence-corrected chi connectivity index (χ0v) is 11.7. The predicted molar refractivity (Wildman–Crippen MR) is 70.2 cm³/mol. The van der Waals surface area contributed by atoms with Gasteiger partial charge in [-0.1, -0.05) is 12.1 Å². The van der Waals surface area contributed by atoms with Crippen molar-refractivity contribution in [2.24, 2.45) is 0 Å². The van der Waals surface area contributed by atoms with Gasteiger partial charge in [-0.2, -0.15) is 0 Å². The van der Waals surface area contributed by atoms with Crippen LogP contribution in [0.3, 0.4) is 0 Å². The predicted octanol–water partition coefficient (Wildman–Crippen LogP) is 2.59. The van der Waals surface area contributed by atoms with Crippen molar-refractivity contribution in [2.75, 3.05) is 27.2 Å². The lowest BCUT2D eigenvalue weighted by Gasteiger charge is -2.10. The highest BCUT2D eigenvalue weighted by atomic mass is 79.9. The highest BCUT2D eigenvalue weighted by molar-refractivity contribution is 9.10. The number of halogens is 2. The second-order valence-corrected chi connectivity index (χ2v) is 4.27. The van der Waals surface area contributed by atoms with Gasteiger partial charge in [0.1, 0.15) is 6.61 Å². The van der Waals surface area contributed by atoms with Crippen LogP contribution in [0.2, 0.25) is 0 Å². The van der Waals surface area contributed by atoms with Crippen molar-refractivity contribution >= 4 is 34.3 Å². The van der Waals surface area contributed by atoms with E-state index in [1.807, 2.05) is 37.2 Å². The Morgan fingerprint density at radius 1 is 1.38 bits per heavy atom. The summed E-state index contributed by atoms with van der Waals surface area (Å²) in [6.45, 7) is 1.14. The van der Waals surface area contributed by atoms with Crippen molar-refractivity contribution in [2.45, 2.75) is 0 Å². The van der Waals surface area contributed by atoms with Gasteiger partial charge in [-0.25, -0.2) is 4.79 Å². The van der Waals surface area contributed by atoms with Crippen LogP contribution in [0, 0.1) is 0 Å². The van der Waals surface area contributed by atoms with E-state index in [0.29, 0.717) is 12.2 Å². The summed E-state index contributed by atoms with van der Waals surface area (Å²) in [6, 6.07) is 7.23. The van der Waals surface area contributed by atoms with Gasteiger partial charge in [-0.15, -0.1) is 12.4 Å². The Hall–Kier alpha value is -0.580. The van der Waals surface area contributed by atoms with Crippen LogP contribution in [0.4, 0.5) is 0 Å². The molecule has 1 rings (SSSR count). The fourth-order valence-electron chi connectivity index (χ4n) is 1.03. The second kappa shape index (κ2) is 7.65. The average molecular weight is 309 g/mol. The third kappa shape index (κ3) is 4.96. The average Bonchev–Trinajstić information content (AvgIpc) is 2.17. The van der Waals surface area contributed by atoms with Crippen LogP contribution < -0.4 is 0 Å². The molecule has 5 heteroatoms. The maximum atomic E-state index is 11.6. The monoisotopic (exact) mass is 307 g/mol. The van der Waals surface area contributed by atoms with E-state index in [4.69, 9.17) is 4.74 Å². The number of benzene rings is 1. The highest BCUT2D eigenvalue weighted by Crippen LogP contribution is 2.16. The van der Waals surface area contributed by atoms with Gasteiger partial charge in [0, 0.05) is 11.0 Å². The molecule has 0 fully saturated rings. The molecule has 0 aliphatic rings. The minimum atomic E-state index is -0.288. The number of carbonyl (C=O) groups excluding carboxylic acids is 1. The lowest BCUT2D eigenvalue weighted by Crippen LogP contribution is -2.20. The van der Waals surface area contributed by atoms with E-state index >= 15 is 0 Å². The summed E-state index contributed by atoms with van der Waals surface area (Å²) in [4.78, 5) is 13.5. The number of rotatable bonds is 4. The molecule has 0 N–H and O–H groups in total. The first-order chi connectivity index (χ1) is 7.11. The van der Waals surface area contributed by atoms with Crippen molar-refractivity contribution in [1.29, 1.82) is 0 Å². The molecule has 0 radical (unpaired) electrons. The Morgan fingerprint density at radius 3 is 2.56 bits per heavy atom. The standard InChI is InChI=1S/C11H14BrNO2.ClH/c1-13(2)7-8-15-11(14)9-5-3-4-6-10(9)12;/h3-6H,7-8H2,1-2H3;1H. The van der Waals surface area contributed by atoms with Crippen molar-refractivity contribution in [3.63, 3.8) is 0 Å². The van der Waals surface area contributed by atoms with E-state index in [-0.39, 0.29) is 18.4 Å². The number of hydrogen-bond acceptors (Lipinski definition) is 3. The zero-order valence-electron chi connectivity index (χ0n) is 9.27. The van der Waals surface area contributed by atoms with Crippen LogP contribution >= 0.6 is 28.3 Å². The van der Waals surface area contributed by atoms with Crippen molar-refractivity contribution in [3.05, 3.63) is 34.3 Å². The topological polar surface area (TPSA) is 29.5 Å². The maximum Gasteiger partial charge on any atom is 0.339 e. The molecule has 0 heterocycles. The lowest BCUT2D eigenvalue weighted by molar-refractivity contribution is 0.0481. The number of likely N-dealkylation sites (N-methyl/N-ethyl adjacent to an activating group) is 1. The van der Waals surface area contributed by atoms with Gasteiger partial charge in [0.25, 0.3) is 0 Å². The Morgan fingerprint density at radius 2 is 2.00 bits per heavy atom. The van der Waals surface area contributed by atoms with E-state index in [9.17, 15) is 4.79 Å². The van der Waals surface area contributed by atoms with Crippen LogP contribution in [0.5, 0.6) is 0 Å². The molecule has 0 aromatic heterocycles. The highest BCUT2D eigenvalue weighted by Gasteiger charge is 2.09. The lowest BCUT2D eigenvalue weighted by atomic mass is 10.2. The molecular weight excluding hydrogens is 293 g/mol. The maximum absolute atomic E-state index is 11.6. The molecule has 0 spiro atoms. The normalized spacial score (nSPS) is 9.75. The van der Waals surface area contributed by atoms with Gasteiger partial charge >= 0.3 is 5.97 Å². The Kier molecular flexibility index (Phi) is 7.38. The van der Waals surface area contributed by atoms with Gasteiger partial charge in [0.05, 0.1) is 5.56 Å². The molecule has 1 aromatic carbocycles. The number of ether oxygens (including phenoxy) is 1. The summed E-state index contributed by atoms with van der Waals surface area (Å²) in [7, 11) is 3.87. The quantitative estimate of drug-likeness (QED) is 0.801. The number of carbonyl (C=O) groups is 1. The molecule has 0 unspecified atom stereocenters. The molecule has 3 nitrogen and oxygen atoms in total. The van der Waals surface area contributed by atoms with Gasteiger partial charge < -0.3 is 9.64 Å². The van der Waals surface area contributed by atoms with Gasteiger partial charge in [-0.3, -0.25) is 0 Å². The molecular formula is C11H15BrClNO2. The molecule has 0 saturated carbocycles. The van der Waals surface area contributed by atoms with Crippen molar-refractivity contribution in [3.8, 4) is 0 Å². The molecule has 90 valence electrons. The van der Waals surface area contributed by atoms with Gasteiger partial charge in [0.2, 0.25) is 0 Å². The molecule has 0 atom stereocenters. The Labute approximate surface area is 110 Å². The van der Waals surface area contributed by atoms with E-state index in [1.165, 1.54) is 0 Å². The number of esters is 1. The third-order valence-corrected chi connectivity index (χ3v) is 2.56. The molecule has 0 bridgehead atoms. The molecule has 0 amide bonds. The number of hydrogen-bond donors (Lipinski definition) is 0. The fraction of sp³-hybridized carbons (Fsp3) is 0.364. The number of nitrogens with zero attached hydrogens (tertiary/aromatic N) is 1. The molecule has 0 saturated heterocycles. The molecule has 16 heavy (non-hydrogen) atoms. The summed E-state index contributed by atoms with van der Waals surface area (Å²) in [5, 5.41) is 0. The fourth-order valence-corrected chi connectivity index (χ4v) is 1.47. The first-order valence-corrected chi connectivity index (χ1v) is 5.47. The van der Waals surface area contributed by atoms with E-state index in [0.717, 1.165) is 11.0 Å². The van der Waals surface area contributed by atoms with Crippen LogP contribution in [0.25, 0.3) is 0 Å². The van der Waals surface area contributed by atoms with E-state index in [2.05, 4.69) is 15.9 Å². The first kappa shape index (κ1) is 15.4. The summed E-state index contributed by atoms with van der Waals surface area (Å²) >= 11 is 3.31. The van der Waals surface area contributed by atoms with Crippen LogP contribution in [-0.2, 0) is 4.74 Å². The van der Waals surface area contributed by atoms with Crippen molar-refractivity contribution in [1.82, 2.24) is 4.90 Å². The smallest absolute Gasteiger partial charge is 0.339 e. The van der Waals surface area contributed by atoms with E-state index < -0.39 is 0 Å². The third-order valence-electron chi connectivity index (χ3n) is 1.87. The summed E-state index contributed by atoms with van der Waals surface area (Å²) in [5.74, 6) is -0.288. The SMILES string of the molecule is CN(C)CCOC(=O)c1ccccc1Br.Cl. The van der Waals surface area contributed by atoms with E-state index in [1.54, 1.807) is 6.07 Å². The van der Waals surface area contributed by atoms with Gasteiger partial charge in [0.15, 0.2) is 0 Å². The van der Waals surface area contributed by atoms with Crippen LogP contribution in [-0.4, -0.2) is 38.1 Å². The summed E-state index contributed by atoms with van der Waals surface area (Å²) < 4.78 is 5.87.